The molecule has 61 heavy (non-hydrogen) atoms. The van der Waals surface area contributed by atoms with E-state index in [1.165, 1.54) is 27.8 Å². The zero-order valence-corrected chi connectivity index (χ0v) is 36.0. The third-order valence-electron chi connectivity index (χ3n) is 11.9. The van der Waals surface area contributed by atoms with Gasteiger partial charge in [-0.3, -0.25) is 0 Å². The Morgan fingerprint density at radius 2 is 1.18 bits per heavy atom. The Morgan fingerprint density at radius 3 is 1.90 bits per heavy atom. The molecule has 0 aliphatic carbocycles. The SMILES string of the molecule is Cc1c(C)c(-c2ccccc2)c([N+]2=C=[N+](c3[c-]c(Oc4[c-]c5c(cc4)c4ccccc4n5-c4ccccn4)ccc3)c3ccc4ccccc4c32)c(-c2ccccc2)c1C.[Pt+2]. The number of ether oxygens (including phenoxy) is 1. The summed E-state index contributed by atoms with van der Waals surface area (Å²) in [4.78, 5) is 4.69. The summed E-state index contributed by atoms with van der Waals surface area (Å²) < 4.78 is 13.2. The predicted octanol–water partition coefficient (Wildman–Crippen LogP) is 13.8. The number of para-hydroxylation sites is 1. The van der Waals surface area contributed by atoms with Crippen molar-refractivity contribution in [3.05, 3.63) is 205 Å². The molecule has 0 unspecified atom stereocenters. The van der Waals surface area contributed by atoms with Crippen molar-refractivity contribution < 1.29 is 25.8 Å². The van der Waals surface area contributed by atoms with Crippen LogP contribution >= 0.6 is 0 Å². The normalized spacial score (nSPS) is 12.0. The fourth-order valence-electron chi connectivity index (χ4n) is 8.89. The quantitative estimate of drug-likeness (QED) is 0.118. The summed E-state index contributed by atoms with van der Waals surface area (Å²) in [5.74, 6) is 1.98. The molecular weight excluding hydrogens is 928 g/mol. The molecule has 5 nitrogen and oxygen atoms in total. The summed E-state index contributed by atoms with van der Waals surface area (Å²) in [5.41, 5.74) is 14.4. The number of hydrogen-bond acceptors (Lipinski definition) is 2. The van der Waals surface area contributed by atoms with Crippen LogP contribution in [-0.2, 0) is 21.1 Å². The molecule has 0 saturated carbocycles. The fourth-order valence-corrected chi connectivity index (χ4v) is 8.89. The van der Waals surface area contributed by atoms with E-state index in [4.69, 9.17) is 9.72 Å². The van der Waals surface area contributed by atoms with E-state index in [1.807, 2.05) is 42.6 Å². The van der Waals surface area contributed by atoms with Crippen molar-refractivity contribution in [1.29, 1.82) is 0 Å². The molecule has 1 aliphatic rings. The van der Waals surface area contributed by atoms with E-state index in [0.29, 0.717) is 11.5 Å². The average Bonchev–Trinajstić information content (AvgIpc) is 3.85. The van der Waals surface area contributed by atoms with Gasteiger partial charge in [-0.1, -0.05) is 125 Å². The molecule has 0 amide bonds. The third kappa shape index (κ3) is 6.33. The molecule has 0 radical (unpaired) electrons. The number of fused-ring (bicyclic) bond motifs is 6. The van der Waals surface area contributed by atoms with Crippen LogP contribution in [0.15, 0.2) is 176 Å². The standard InChI is InChI=1S/C55H38N4O.Pt/c1-36-37(2)52(40-18-6-4-7-19-40)55(53(38(36)3)41-20-8-5-9-21-41)58-35-57(49-31-28-39-17-10-11-24-45(39)54(49)58)42-22-16-23-43(33-42)60-44-29-30-47-46-25-12-13-26-48(46)59(50(47)34-44)51-27-14-15-32-56-51;/h4-32H,1-3H3;/q;+2. The van der Waals surface area contributed by atoms with Gasteiger partial charge in [0.25, 0.3) is 5.69 Å². The number of pyridine rings is 1. The topological polar surface area (TPSA) is 33.1 Å². The van der Waals surface area contributed by atoms with Crippen LogP contribution in [0.2, 0.25) is 0 Å². The maximum atomic E-state index is 6.63. The van der Waals surface area contributed by atoms with Crippen LogP contribution in [0.25, 0.3) is 60.6 Å². The van der Waals surface area contributed by atoms with Crippen molar-refractivity contribution in [2.24, 2.45) is 0 Å². The van der Waals surface area contributed by atoms with Crippen LogP contribution in [-0.4, -0.2) is 15.6 Å². The van der Waals surface area contributed by atoms with Gasteiger partial charge in [0.15, 0.2) is 0 Å². The Kier molecular flexibility index (Phi) is 9.65. The van der Waals surface area contributed by atoms with Gasteiger partial charge in [0.2, 0.25) is 5.69 Å². The summed E-state index contributed by atoms with van der Waals surface area (Å²) in [5, 5.41) is 4.51. The minimum atomic E-state index is 0. The number of aromatic nitrogens is 2. The zero-order chi connectivity index (χ0) is 40.3. The first kappa shape index (κ1) is 38.1. The number of benzene rings is 8. The van der Waals surface area contributed by atoms with Crippen molar-refractivity contribution >= 4 is 61.3 Å². The average molecular weight is 966 g/mol. The first-order valence-electron chi connectivity index (χ1n) is 20.2. The molecule has 3 heterocycles. The molecule has 2 aromatic heterocycles. The molecule has 0 spiro atoms. The third-order valence-corrected chi connectivity index (χ3v) is 11.9. The summed E-state index contributed by atoms with van der Waals surface area (Å²) in [6.45, 7) is 6.74. The smallest absolute Gasteiger partial charge is 0.509 e. The van der Waals surface area contributed by atoms with E-state index in [2.05, 4.69) is 186 Å². The second-order valence-electron chi connectivity index (χ2n) is 15.3. The van der Waals surface area contributed by atoms with E-state index in [0.717, 1.165) is 72.3 Å². The molecule has 0 fully saturated rings. The molecule has 0 N–H and O–H groups in total. The van der Waals surface area contributed by atoms with Crippen molar-refractivity contribution in [2.75, 3.05) is 0 Å². The molecule has 0 bridgehead atoms. The number of nitrogens with zero attached hydrogens (tertiary/aromatic N) is 4. The molecule has 11 rings (SSSR count). The van der Waals surface area contributed by atoms with Crippen molar-refractivity contribution in [2.45, 2.75) is 20.8 Å². The van der Waals surface area contributed by atoms with Crippen LogP contribution < -0.4 is 13.9 Å². The van der Waals surface area contributed by atoms with E-state index >= 15 is 0 Å². The first-order valence-corrected chi connectivity index (χ1v) is 20.2. The summed E-state index contributed by atoms with van der Waals surface area (Å²) in [6, 6.07) is 70.0. The van der Waals surface area contributed by atoms with Crippen LogP contribution in [0.1, 0.15) is 16.7 Å². The molecule has 6 heteroatoms. The predicted molar refractivity (Wildman–Crippen MR) is 246 cm³/mol. The maximum Gasteiger partial charge on any atom is 2.00 e. The van der Waals surface area contributed by atoms with Crippen LogP contribution in [0.3, 0.4) is 0 Å². The fraction of sp³-hybridized carbons (Fsp3) is 0.0545. The van der Waals surface area contributed by atoms with Crippen molar-refractivity contribution in [1.82, 2.24) is 18.7 Å². The largest absolute Gasteiger partial charge is 2.00 e. The second kappa shape index (κ2) is 15.5. The van der Waals surface area contributed by atoms with Gasteiger partial charge in [-0.05, 0) is 94.3 Å². The van der Waals surface area contributed by atoms with Gasteiger partial charge in [0, 0.05) is 29.3 Å². The Morgan fingerprint density at radius 1 is 0.525 bits per heavy atom. The first-order chi connectivity index (χ1) is 29.5. The summed E-state index contributed by atoms with van der Waals surface area (Å²) in [6.07, 6.45) is 1.82. The van der Waals surface area contributed by atoms with Gasteiger partial charge in [-0.25, -0.2) is 4.98 Å². The maximum absolute atomic E-state index is 6.63. The van der Waals surface area contributed by atoms with Gasteiger partial charge in [-0.15, -0.1) is 23.6 Å². The molecular formula is C55H38N4OPt+2. The molecule has 8 aromatic carbocycles. The van der Waals surface area contributed by atoms with Crippen molar-refractivity contribution in [3.8, 4) is 39.6 Å². The summed E-state index contributed by atoms with van der Waals surface area (Å²) >= 11 is 0. The van der Waals surface area contributed by atoms with E-state index in [9.17, 15) is 0 Å². The minimum absolute atomic E-state index is 0. The van der Waals surface area contributed by atoms with E-state index in [-0.39, 0.29) is 21.1 Å². The minimum Gasteiger partial charge on any atom is -0.509 e. The van der Waals surface area contributed by atoms with Gasteiger partial charge in [0.05, 0.1) is 16.5 Å². The van der Waals surface area contributed by atoms with Gasteiger partial charge in [-0.2, -0.15) is 12.1 Å². The zero-order valence-electron chi connectivity index (χ0n) is 33.8. The van der Waals surface area contributed by atoms with Crippen molar-refractivity contribution in [3.63, 3.8) is 0 Å². The number of rotatable bonds is 7. The molecule has 0 atom stereocenters. The summed E-state index contributed by atoms with van der Waals surface area (Å²) in [7, 11) is 0. The van der Waals surface area contributed by atoms with Gasteiger partial charge in [0.1, 0.15) is 11.5 Å². The Bertz CT molecular complexity index is 3340. The molecule has 10 aromatic rings. The van der Waals surface area contributed by atoms with Crippen LogP contribution in [0.4, 0.5) is 22.7 Å². The molecule has 292 valence electrons. The molecule has 1 aliphatic heterocycles. The monoisotopic (exact) mass is 965 g/mol. The van der Waals surface area contributed by atoms with Crippen LogP contribution in [0, 0.1) is 32.9 Å². The van der Waals surface area contributed by atoms with E-state index in [1.54, 1.807) is 0 Å². The van der Waals surface area contributed by atoms with Gasteiger partial charge >= 0.3 is 32.8 Å². The van der Waals surface area contributed by atoms with Crippen LogP contribution in [0.5, 0.6) is 11.5 Å². The second-order valence-corrected chi connectivity index (χ2v) is 15.3. The Hall–Kier alpha value is -7.16. The Labute approximate surface area is 369 Å². The van der Waals surface area contributed by atoms with E-state index < -0.39 is 0 Å². The number of hydrogen-bond donors (Lipinski definition) is 0. The Balaban J connectivity index is 0.00000445. The van der Waals surface area contributed by atoms with Gasteiger partial charge < -0.3 is 9.30 Å². The molecule has 0 saturated heterocycles.